The number of sulfone groups is 1. The molecule has 0 aliphatic heterocycles. The van der Waals surface area contributed by atoms with E-state index in [2.05, 4.69) is 0 Å². The monoisotopic (exact) mass is 376 g/mol. The van der Waals surface area contributed by atoms with Gasteiger partial charge in [0.1, 0.15) is 5.82 Å². The summed E-state index contributed by atoms with van der Waals surface area (Å²) in [5.74, 6) is -0.435. The fraction of sp³-hybridized carbons (Fsp3) is 0.400. The minimum Gasteiger partial charge on any atom is -0.228 e. The lowest BCUT2D eigenvalue weighted by molar-refractivity contribution is 0.593. The number of rotatable bonds is 4. The van der Waals surface area contributed by atoms with Crippen molar-refractivity contribution < 1.29 is 12.8 Å². The van der Waals surface area contributed by atoms with Crippen molar-refractivity contribution in [1.29, 1.82) is 0 Å². The lowest BCUT2D eigenvalue weighted by Crippen LogP contribution is -2.09. The molecular weight excluding hydrogens is 366 g/mol. The molecule has 0 aliphatic carbocycles. The van der Waals surface area contributed by atoms with E-state index in [-0.39, 0.29) is 20.1 Å². The van der Waals surface area contributed by atoms with Gasteiger partial charge < -0.3 is 0 Å². The second-order valence-electron chi connectivity index (χ2n) is 3.43. The smallest absolute Gasteiger partial charge is 0.154 e. The standard InChI is InChI=1S/C10H11ClFIO2S/c1-2-5-16(14,15)6-7-3-4-8(12)10(13)9(7)11/h3-4H,2,5-6H2,1H3. The Bertz CT molecular complexity index is 488. The van der Waals surface area contributed by atoms with Crippen LogP contribution in [0.25, 0.3) is 0 Å². The molecule has 0 bridgehead atoms. The summed E-state index contributed by atoms with van der Waals surface area (Å²) in [6.07, 6.45) is 0.568. The molecule has 0 N–H and O–H groups in total. The molecule has 0 fully saturated rings. The molecule has 1 aromatic rings. The quantitative estimate of drug-likeness (QED) is 0.596. The van der Waals surface area contributed by atoms with E-state index in [1.165, 1.54) is 12.1 Å². The average Bonchev–Trinajstić information content (AvgIpc) is 2.19. The van der Waals surface area contributed by atoms with E-state index in [0.29, 0.717) is 12.0 Å². The van der Waals surface area contributed by atoms with Crippen LogP contribution in [0.4, 0.5) is 4.39 Å². The molecular formula is C10H11ClFIO2S. The van der Waals surface area contributed by atoms with Gasteiger partial charge in [-0.3, -0.25) is 0 Å². The third kappa shape index (κ3) is 3.56. The van der Waals surface area contributed by atoms with Crippen LogP contribution in [0.3, 0.4) is 0 Å². The Hall–Kier alpha value is 0.120. The van der Waals surface area contributed by atoms with Crippen molar-refractivity contribution in [3.05, 3.63) is 32.1 Å². The first-order valence-electron chi connectivity index (χ1n) is 4.70. The Morgan fingerprint density at radius 2 is 2.06 bits per heavy atom. The van der Waals surface area contributed by atoms with E-state index in [0.717, 1.165) is 0 Å². The lowest BCUT2D eigenvalue weighted by atomic mass is 10.2. The van der Waals surface area contributed by atoms with Crippen molar-refractivity contribution in [3.8, 4) is 0 Å². The minimum absolute atomic E-state index is 0.122. The maximum Gasteiger partial charge on any atom is 0.154 e. The molecule has 0 saturated heterocycles. The minimum atomic E-state index is -3.15. The van der Waals surface area contributed by atoms with Gasteiger partial charge in [0.15, 0.2) is 9.84 Å². The molecule has 16 heavy (non-hydrogen) atoms. The van der Waals surface area contributed by atoms with Crippen molar-refractivity contribution in [2.24, 2.45) is 0 Å². The van der Waals surface area contributed by atoms with E-state index in [4.69, 9.17) is 11.6 Å². The van der Waals surface area contributed by atoms with Crippen molar-refractivity contribution in [3.63, 3.8) is 0 Å². The third-order valence-electron chi connectivity index (χ3n) is 2.01. The summed E-state index contributed by atoms with van der Waals surface area (Å²) < 4.78 is 36.6. The highest BCUT2D eigenvalue weighted by Gasteiger charge is 2.16. The van der Waals surface area contributed by atoms with Crippen LogP contribution in [0.15, 0.2) is 12.1 Å². The van der Waals surface area contributed by atoms with Gasteiger partial charge in [0.25, 0.3) is 0 Å². The van der Waals surface area contributed by atoms with E-state index < -0.39 is 15.7 Å². The van der Waals surface area contributed by atoms with Gasteiger partial charge in [-0.05, 0) is 40.6 Å². The summed E-state index contributed by atoms with van der Waals surface area (Å²) in [6, 6.07) is 2.66. The van der Waals surface area contributed by atoms with Gasteiger partial charge in [-0.2, -0.15) is 0 Å². The van der Waals surface area contributed by atoms with Crippen LogP contribution in [0.5, 0.6) is 0 Å². The normalized spacial score (nSPS) is 11.8. The summed E-state index contributed by atoms with van der Waals surface area (Å²) >= 11 is 7.66. The number of benzene rings is 1. The molecule has 1 aromatic carbocycles. The highest BCUT2D eigenvalue weighted by molar-refractivity contribution is 14.1. The van der Waals surface area contributed by atoms with Crippen LogP contribution in [0.1, 0.15) is 18.9 Å². The fourth-order valence-electron chi connectivity index (χ4n) is 1.30. The maximum atomic E-state index is 13.1. The molecule has 0 radical (unpaired) electrons. The molecule has 0 spiro atoms. The van der Waals surface area contributed by atoms with Gasteiger partial charge in [-0.25, -0.2) is 12.8 Å². The van der Waals surface area contributed by atoms with Crippen LogP contribution >= 0.6 is 34.2 Å². The van der Waals surface area contributed by atoms with Crippen LogP contribution in [-0.2, 0) is 15.6 Å². The van der Waals surface area contributed by atoms with E-state index in [1.54, 1.807) is 29.5 Å². The van der Waals surface area contributed by atoms with Crippen molar-refractivity contribution in [2.75, 3.05) is 5.75 Å². The van der Waals surface area contributed by atoms with Crippen LogP contribution in [-0.4, -0.2) is 14.2 Å². The highest BCUT2D eigenvalue weighted by atomic mass is 127. The molecule has 0 heterocycles. The Labute approximate surface area is 113 Å². The molecule has 0 saturated carbocycles. The largest absolute Gasteiger partial charge is 0.228 e. The second kappa shape index (κ2) is 5.64. The first-order valence-corrected chi connectivity index (χ1v) is 7.98. The van der Waals surface area contributed by atoms with Crippen LogP contribution in [0, 0.1) is 9.39 Å². The van der Waals surface area contributed by atoms with Gasteiger partial charge >= 0.3 is 0 Å². The number of halogens is 3. The molecule has 90 valence electrons. The first kappa shape index (κ1) is 14.2. The zero-order valence-corrected chi connectivity index (χ0v) is 12.4. The van der Waals surface area contributed by atoms with Gasteiger partial charge in [0.05, 0.1) is 20.1 Å². The zero-order valence-electron chi connectivity index (χ0n) is 8.63. The average molecular weight is 377 g/mol. The SMILES string of the molecule is CCCS(=O)(=O)Cc1ccc(F)c(I)c1Cl. The van der Waals surface area contributed by atoms with Gasteiger partial charge in [0.2, 0.25) is 0 Å². The molecule has 0 aromatic heterocycles. The Kier molecular flexibility index (Phi) is 5.00. The summed E-state index contributed by atoms with van der Waals surface area (Å²) in [5.41, 5.74) is 0.459. The summed E-state index contributed by atoms with van der Waals surface area (Å²) in [4.78, 5) is 0. The molecule has 0 atom stereocenters. The topological polar surface area (TPSA) is 34.1 Å². The van der Waals surface area contributed by atoms with Crippen molar-refractivity contribution in [2.45, 2.75) is 19.1 Å². The number of hydrogen-bond acceptors (Lipinski definition) is 2. The number of hydrogen-bond donors (Lipinski definition) is 0. The maximum absolute atomic E-state index is 13.1. The Morgan fingerprint density at radius 1 is 1.44 bits per heavy atom. The molecule has 6 heteroatoms. The Morgan fingerprint density at radius 3 is 2.62 bits per heavy atom. The second-order valence-corrected chi connectivity index (χ2v) is 7.07. The van der Waals surface area contributed by atoms with Crippen LogP contribution < -0.4 is 0 Å². The van der Waals surface area contributed by atoms with Gasteiger partial charge in [-0.1, -0.05) is 24.6 Å². The van der Waals surface area contributed by atoms with Gasteiger partial charge in [0, 0.05) is 0 Å². The zero-order chi connectivity index (χ0) is 12.3. The fourth-order valence-corrected chi connectivity index (χ4v) is 3.60. The van der Waals surface area contributed by atoms with Crippen LogP contribution in [0.2, 0.25) is 5.02 Å². The molecule has 0 unspecified atom stereocenters. The van der Waals surface area contributed by atoms with Crippen molar-refractivity contribution >= 4 is 44.0 Å². The molecule has 2 nitrogen and oxygen atoms in total. The van der Waals surface area contributed by atoms with E-state index >= 15 is 0 Å². The van der Waals surface area contributed by atoms with E-state index in [1.807, 2.05) is 0 Å². The third-order valence-corrected chi connectivity index (χ3v) is 5.59. The molecule has 1 rings (SSSR count). The molecule has 0 amide bonds. The molecule has 0 aliphatic rings. The highest BCUT2D eigenvalue weighted by Crippen LogP contribution is 2.27. The first-order chi connectivity index (χ1) is 7.37. The lowest BCUT2D eigenvalue weighted by Gasteiger charge is -2.07. The van der Waals surface area contributed by atoms with Crippen molar-refractivity contribution in [1.82, 2.24) is 0 Å². The summed E-state index contributed by atoms with van der Waals surface area (Å²) in [5, 5.41) is 0.195. The Balaban J connectivity index is 3.04. The summed E-state index contributed by atoms with van der Waals surface area (Å²) in [6.45, 7) is 1.80. The predicted octanol–water partition coefficient (Wildman–Crippen LogP) is 3.41. The van der Waals surface area contributed by atoms with Gasteiger partial charge in [-0.15, -0.1) is 0 Å². The van der Waals surface area contributed by atoms with E-state index in [9.17, 15) is 12.8 Å². The predicted molar refractivity (Wildman–Crippen MR) is 71.9 cm³/mol. The summed E-state index contributed by atoms with van der Waals surface area (Å²) in [7, 11) is -3.15.